The van der Waals surface area contributed by atoms with Crippen molar-refractivity contribution in [1.29, 1.82) is 0 Å². The monoisotopic (exact) mass is 347 g/mol. The minimum atomic E-state index is -0.195. The molecule has 3 rings (SSSR count). The Balaban J connectivity index is 1.59. The molecule has 1 aliphatic rings. The summed E-state index contributed by atoms with van der Waals surface area (Å²) >= 11 is 1.54. The van der Waals surface area contributed by atoms with Crippen molar-refractivity contribution in [3.8, 4) is 0 Å². The highest BCUT2D eigenvalue weighted by Crippen LogP contribution is 2.20. The van der Waals surface area contributed by atoms with Crippen LogP contribution in [0, 0.1) is 0 Å². The molecule has 1 aromatic carbocycles. The van der Waals surface area contributed by atoms with Crippen LogP contribution >= 0.6 is 11.3 Å². The Labute approximate surface area is 145 Å². The molecule has 1 amide bonds. The van der Waals surface area contributed by atoms with Crippen molar-refractivity contribution in [3.63, 3.8) is 0 Å². The fourth-order valence-electron chi connectivity index (χ4n) is 2.99. The Morgan fingerprint density at radius 2 is 2.04 bits per heavy atom. The summed E-state index contributed by atoms with van der Waals surface area (Å²) in [6, 6.07) is 5.79. The second-order valence-corrected chi connectivity index (χ2v) is 6.88. The summed E-state index contributed by atoms with van der Waals surface area (Å²) in [4.78, 5) is 32.4. The van der Waals surface area contributed by atoms with Crippen LogP contribution in [-0.4, -0.2) is 66.0 Å². The van der Waals surface area contributed by atoms with Crippen molar-refractivity contribution >= 4 is 33.4 Å². The summed E-state index contributed by atoms with van der Waals surface area (Å²) in [5.74, 6) is -0.135. The smallest absolute Gasteiger partial charge is 0.307 e. The summed E-state index contributed by atoms with van der Waals surface area (Å²) in [6.07, 6.45) is 0.381. The molecule has 128 valence electrons. The average Bonchev–Trinajstić information content (AvgIpc) is 3.08. The van der Waals surface area contributed by atoms with Gasteiger partial charge in [0.1, 0.15) is 0 Å². The third kappa shape index (κ3) is 3.57. The second kappa shape index (κ2) is 7.27. The maximum atomic E-state index is 12.7. The summed E-state index contributed by atoms with van der Waals surface area (Å²) < 4.78 is 5.76. The molecule has 24 heavy (non-hydrogen) atoms. The van der Waals surface area contributed by atoms with Crippen LogP contribution < -0.4 is 0 Å². The summed E-state index contributed by atoms with van der Waals surface area (Å²) in [7, 11) is 1.41. The van der Waals surface area contributed by atoms with Crippen molar-refractivity contribution in [3.05, 3.63) is 29.3 Å². The van der Waals surface area contributed by atoms with E-state index in [9.17, 15) is 9.59 Å². The molecule has 2 aromatic rings. The molecule has 7 heteroatoms. The van der Waals surface area contributed by atoms with Crippen LogP contribution in [0.5, 0.6) is 0 Å². The lowest BCUT2D eigenvalue weighted by molar-refractivity contribution is -0.142. The number of ether oxygens (including phenoxy) is 1. The van der Waals surface area contributed by atoms with Gasteiger partial charge < -0.3 is 9.64 Å². The van der Waals surface area contributed by atoms with E-state index in [1.165, 1.54) is 7.11 Å². The lowest BCUT2D eigenvalue weighted by Crippen LogP contribution is -2.51. The van der Waals surface area contributed by atoms with Gasteiger partial charge in [-0.3, -0.25) is 14.5 Å². The van der Waals surface area contributed by atoms with Crippen molar-refractivity contribution in [2.24, 2.45) is 0 Å². The van der Waals surface area contributed by atoms with Gasteiger partial charge in [-0.1, -0.05) is 0 Å². The third-order valence-electron chi connectivity index (χ3n) is 4.49. The first-order valence-corrected chi connectivity index (χ1v) is 8.90. The molecule has 0 spiro atoms. The molecule has 1 aromatic heterocycles. The van der Waals surface area contributed by atoms with E-state index in [1.807, 2.05) is 30.0 Å². The van der Waals surface area contributed by atoms with Crippen molar-refractivity contribution in [2.75, 3.05) is 33.3 Å². The van der Waals surface area contributed by atoms with E-state index < -0.39 is 0 Å². The standard InChI is InChI=1S/C17H21N3O3S/c1-12(9-16(21)23-2)19-5-7-20(8-6-19)17(22)13-3-4-14-15(10-13)24-11-18-14/h3-4,10-12H,5-9H2,1-2H3/t12-/m0/s1. The number of esters is 1. The van der Waals surface area contributed by atoms with Gasteiger partial charge in [0.2, 0.25) is 0 Å². The fraction of sp³-hybridized carbons (Fsp3) is 0.471. The molecule has 0 radical (unpaired) electrons. The van der Waals surface area contributed by atoms with Gasteiger partial charge in [0.05, 0.1) is 29.3 Å². The first kappa shape index (κ1) is 16.9. The van der Waals surface area contributed by atoms with Crippen LogP contribution in [0.3, 0.4) is 0 Å². The zero-order valence-corrected chi connectivity index (χ0v) is 14.7. The highest BCUT2D eigenvalue weighted by molar-refractivity contribution is 7.16. The molecule has 1 aliphatic heterocycles. The quantitative estimate of drug-likeness (QED) is 0.792. The molecule has 2 heterocycles. The summed E-state index contributed by atoms with van der Waals surface area (Å²) in [5.41, 5.74) is 3.43. The van der Waals surface area contributed by atoms with Gasteiger partial charge in [0.25, 0.3) is 5.91 Å². The van der Waals surface area contributed by atoms with Gasteiger partial charge in [-0.05, 0) is 25.1 Å². The van der Waals surface area contributed by atoms with E-state index in [-0.39, 0.29) is 17.9 Å². The van der Waals surface area contributed by atoms with Gasteiger partial charge >= 0.3 is 5.97 Å². The largest absolute Gasteiger partial charge is 0.469 e. The summed E-state index contributed by atoms with van der Waals surface area (Å²) in [5, 5.41) is 0. The maximum Gasteiger partial charge on any atom is 0.307 e. The van der Waals surface area contributed by atoms with E-state index in [4.69, 9.17) is 4.74 Å². The van der Waals surface area contributed by atoms with Crippen LogP contribution in [0.4, 0.5) is 0 Å². The lowest BCUT2D eigenvalue weighted by atomic mass is 10.1. The van der Waals surface area contributed by atoms with E-state index in [0.717, 1.165) is 23.3 Å². The van der Waals surface area contributed by atoms with Crippen LogP contribution in [0.2, 0.25) is 0 Å². The number of aromatic nitrogens is 1. The van der Waals surface area contributed by atoms with E-state index in [2.05, 4.69) is 9.88 Å². The maximum absolute atomic E-state index is 12.7. The van der Waals surface area contributed by atoms with Crippen LogP contribution in [0.1, 0.15) is 23.7 Å². The average molecular weight is 347 g/mol. The van der Waals surface area contributed by atoms with Gasteiger partial charge in [-0.2, -0.15) is 0 Å². The second-order valence-electron chi connectivity index (χ2n) is 5.99. The number of piperazine rings is 1. The first-order chi connectivity index (χ1) is 11.6. The van der Waals surface area contributed by atoms with E-state index in [1.54, 1.807) is 16.8 Å². The number of fused-ring (bicyclic) bond motifs is 1. The number of rotatable bonds is 4. The molecule has 0 bridgehead atoms. The SMILES string of the molecule is COC(=O)C[C@H](C)N1CCN(C(=O)c2ccc3ncsc3c2)CC1. The number of thiazole rings is 1. The van der Waals surface area contributed by atoms with E-state index in [0.29, 0.717) is 25.1 Å². The number of methoxy groups -OCH3 is 1. The Kier molecular flexibility index (Phi) is 5.11. The number of carbonyl (C=O) groups is 2. The van der Waals surface area contributed by atoms with Crippen LogP contribution in [-0.2, 0) is 9.53 Å². The number of amides is 1. The molecule has 1 atom stereocenters. The molecule has 6 nitrogen and oxygen atoms in total. The Morgan fingerprint density at radius 3 is 2.75 bits per heavy atom. The molecule has 1 saturated heterocycles. The minimum Gasteiger partial charge on any atom is -0.469 e. The zero-order chi connectivity index (χ0) is 17.1. The lowest BCUT2D eigenvalue weighted by Gasteiger charge is -2.37. The van der Waals surface area contributed by atoms with Crippen LogP contribution in [0.15, 0.2) is 23.7 Å². The summed E-state index contributed by atoms with van der Waals surface area (Å²) in [6.45, 7) is 4.90. The van der Waals surface area contributed by atoms with Gasteiger partial charge in [-0.15, -0.1) is 11.3 Å². The number of nitrogens with zero attached hydrogens (tertiary/aromatic N) is 3. The molecule has 0 N–H and O–H groups in total. The Morgan fingerprint density at radius 1 is 1.29 bits per heavy atom. The molecular formula is C17H21N3O3S. The third-order valence-corrected chi connectivity index (χ3v) is 5.28. The van der Waals surface area contributed by atoms with Gasteiger partial charge in [0.15, 0.2) is 0 Å². The van der Waals surface area contributed by atoms with Crippen molar-refractivity contribution in [1.82, 2.24) is 14.8 Å². The van der Waals surface area contributed by atoms with E-state index >= 15 is 0 Å². The molecule has 0 saturated carbocycles. The Bertz CT molecular complexity index is 738. The fourth-order valence-corrected chi connectivity index (χ4v) is 3.71. The molecular weight excluding hydrogens is 326 g/mol. The highest BCUT2D eigenvalue weighted by atomic mass is 32.1. The molecule has 0 aliphatic carbocycles. The number of carbonyl (C=O) groups excluding carboxylic acids is 2. The zero-order valence-electron chi connectivity index (χ0n) is 13.9. The first-order valence-electron chi connectivity index (χ1n) is 8.02. The highest BCUT2D eigenvalue weighted by Gasteiger charge is 2.26. The number of benzene rings is 1. The normalized spacial score (nSPS) is 17.0. The van der Waals surface area contributed by atoms with Crippen molar-refractivity contribution in [2.45, 2.75) is 19.4 Å². The molecule has 0 unspecified atom stereocenters. The minimum absolute atomic E-state index is 0.0607. The topological polar surface area (TPSA) is 62.7 Å². The predicted octanol–water partition coefficient (Wildman–Crippen LogP) is 2.01. The van der Waals surface area contributed by atoms with Gasteiger partial charge in [0, 0.05) is 37.8 Å². The predicted molar refractivity (Wildman–Crippen MR) is 93.2 cm³/mol. The van der Waals surface area contributed by atoms with Gasteiger partial charge in [-0.25, -0.2) is 4.98 Å². The number of hydrogen-bond acceptors (Lipinski definition) is 6. The number of hydrogen-bond donors (Lipinski definition) is 0. The Hall–Kier alpha value is -1.99. The van der Waals surface area contributed by atoms with Crippen molar-refractivity contribution < 1.29 is 14.3 Å². The molecule has 1 fully saturated rings. The van der Waals surface area contributed by atoms with Crippen LogP contribution in [0.25, 0.3) is 10.2 Å².